The number of nitrogens with one attached hydrogen (secondary N) is 1. The van der Waals surface area contributed by atoms with Crippen LogP contribution in [0.2, 0.25) is 0 Å². The van der Waals surface area contributed by atoms with E-state index < -0.39 is 9.84 Å². The van der Waals surface area contributed by atoms with Gasteiger partial charge in [0.2, 0.25) is 0 Å². The summed E-state index contributed by atoms with van der Waals surface area (Å²) in [6.07, 6.45) is 4.79. The summed E-state index contributed by atoms with van der Waals surface area (Å²) in [5, 5.41) is 3.41. The van der Waals surface area contributed by atoms with Crippen LogP contribution >= 0.6 is 0 Å². The van der Waals surface area contributed by atoms with Crippen LogP contribution < -0.4 is 5.32 Å². The van der Waals surface area contributed by atoms with Crippen LogP contribution in [0.5, 0.6) is 0 Å². The van der Waals surface area contributed by atoms with E-state index in [0.29, 0.717) is 11.5 Å². The summed E-state index contributed by atoms with van der Waals surface area (Å²) in [5.74, 6) is 0.683. The number of hydrogen-bond acceptors (Lipinski definition) is 4. The maximum absolute atomic E-state index is 11.8. The number of likely N-dealkylation sites (tertiary alicyclic amines) is 1. The maximum atomic E-state index is 11.8. The molecule has 1 N–H and O–H groups in total. The van der Waals surface area contributed by atoms with E-state index >= 15 is 0 Å². The molecule has 2 fully saturated rings. The van der Waals surface area contributed by atoms with Gasteiger partial charge in [0.05, 0.1) is 11.5 Å². The molecule has 2 saturated heterocycles. The van der Waals surface area contributed by atoms with Crippen LogP contribution in [0.3, 0.4) is 0 Å². The van der Waals surface area contributed by atoms with Gasteiger partial charge in [0.15, 0.2) is 9.84 Å². The molecule has 0 aromatic carbocycles. The molecule has 2 aliphatic rings. The van der Waals surface area contributed by atoms with Crippen molar-refractivity contribution in [1.29, 1.82) is 0 Å². The lowest BCUT2D eigenvalue weighted by atomic mass is 10.0. The molecule has 2 heterocycles. The van der Waals surface area contributed by atoms with Crippen LogP contribution in [0, 0.1) is 0 Å². The van der Waals surface area contributed by atoms with Crippen molar-refractivity contribution >= 4 is 9.84 Å². The number of hydrogen-bond donors (Lipinski definition) is 1. The van der Waals surface area contributed by atoms with Crippen LogP contribution in [-0.2, 0) is 9.84 Å². The highest BCUT2D eigenvalue weighted by Gasteiger charge is 2.40. The number of piperidine rings is 1. The summed E-state index contributed by atoms with van der Waals surface area (Å²) in [4.78, 5) is 2.39. The summed E-state index contributed by atoms with van der Waals surface area (Å²) >= 11 is 0. The average Bonchev–Trinajstić information content (AvgIpc) is 2.63. The number of rotatable bonds is 4. The van der Waals surface area contributed by atoms with Crippen LogP contribution in [0.4, 0.5) is 0 Å². The molecule has 0 radical (unpaired) electrons. The lowest BCUT2D eigenvalue weighted by molar-refractivity contribution is 0.155. The van der Waals surface area contributed by atoms with Gasteiger partial charge < -0.3 is 5.32 Å². The van der Waals surface area contributed by atoms with Gasteiger partial charge in [-0.1, -0.05) is 13.3 Å². The summed E-state index contributed by atoms with van der Waals surface area (Å²) in [5.41, 5.74) is 0. The zero-order valence-corrected chi connectivity index (χ0v) is 11.5. The molecule has 0 aromatic rings. The molecule has 0 bridgehead atoms. The first-order valence-electron chi connectivity index (χ1n) is 6.80. The number of sulfone groups is 1. The fourth-order valence-corrected chi connectivity index (χ4v) is 4.95. The Hall–Kier alpha value is -0.130. The van der Waals surface area contributed by atoms with Crippen molar-refractivity contribution in [2.45, 2.75) is 44.7 Å². The van der Waals surface area contributed by atoms with Crippen molar-refractivity contribution in [3.8, 4) is 0 Å². The first-order chi connectivity index (χ1) is 8.12. The van der Waals surface area contributed by atoms with Crippen molar-refractivity contribution in [2.75, 3.05) is 31.1 Å². The standard InChI is InChI=1S/C12H24N2O2S/c1-2-6-13-11-9-17(15,16)10-12(11)14-7-4-3-5-8-14/h11-13H,2-10H2,1H3/t11-,12+/m0/s1. The molecule has 5 heteroatoms. The number of nitrogens with zero attached hydrogens (tertiary/aromatic N) is 1. The van der Waals surface area contributed by atoms with Gasteiger partial charge in [-0.25, -0.2) is 8.42 Å². The first kappa shape index (κ1) is 13.3. The fourth-order valence-electron chi connectivity index (χ4n) is 2.96. The van der Waals surface area contributed by atoms with Gasteiger partial charge in [-0.2, -0.15) is 0 Å². The summed E-state index contributed by atoms with van der Waals surface area (Å²) < 4.78 is 23.6. The topological polar surface area (TPSA) is 49.4 Å². The molecular formula is C12H24N2O2S. The quantitative estimate of drug-likeness (QED) is 0.806. The third-order valence-corrected chi connectivity index (χ3v) is 5.56. The summed E-state index contributed by atoms with van der Waals surface area (Å²) in [6.45, 7) is 5.19. The highest BCUT2D eigenvalue weighted by Crippen LogP contribution is 2.22. The molecule has 0 amide bonds. The average molecular weight is 260 g/mol. The van der Waals surface area contributed by atoms with E-state index in [0.717, 1.165) is 26.1 Å². The second-order valence-corrected chi connectivity index (χ2v) is 7.46. The molecule has 100 valence electrons. The normalized spacial score (nSPS) is 33.9. The van der Waals surface area contributed by atoms with Crippen molar-refractivity contribution in [3.05, 3.63) is 0 Å². The van der Waals surface area contributed by atoms with Gasteiger partial charge >= 0.3 is 0 Å². The van der Waals surface area contributed by atoms with E-state index in [1.54, 1.807) is 0 Å². The minimum atomic E-state index is -2.83. The predicted octanol–water partition coefficient (Wildman–Crippen LogP) is 0.638. The fraction of sp³-hybridized carbons (Fsp3) is 1.00. The largest absolute Gasteiger partial charge is 0.311 e. The van der Waals surface area contributed by atoms with E-state index in [1.807, 2.05) is 0 Å². The molecule has 0 saturated carbocycles. The molecular weight excluding hydrogens is 236 g/mol. The molecule has 2 rings (SSSR count). The zero-order valence-electron chi connectivity index (χ0n) is 10.7. The van der Waals surface area contributed by atoms with Crippen molar-refractivity contribution in [3.63, 3.8) is 0 Å². The van der Waals surface area contributed by atoms with Gasteiger partial charge in [0, 0.05) is 12.1 Å². The van der Waals surface area contributed by atoms with E-state index in [9.17, 15) is 8.42 Å². The highest BCUT2D eigenvalue weighted by atomic mass is 32.2. The van der Waals surface area contributed by atoms with Crippen LogP contribution in [0.15, 0.2) is 0 Å². The Morgan fingerprint density at radius 1 is 1.18 bits per heavy atom. The van der Waals surface area contributed by atoms with Gasteiger partial charge in [-0.05, 0) is 38.9 Å². The summed E-state index contributed by atoms with van der Waals surface area (Å²) in [6, 6.07) is 0.366. The van der Waals surface area contributed by atoms with E-state index in [4.69, 9.17) is 0 Å². The third kappa shape index (κ3) is 3.42. The van der Waals surface area contributed by atoms with Crippen molar-refractivity contribution in [2.24, 2.45) is 0 Å². The van der Waals surface area contributed by atoms with Crippen LogP contribution in [0.25, 0.3) is 0 Å². The Morgan fingerprint density at radius 3 is 2.53 bits per heavy atom. The summed E-state index contributed by atoms with van der Waals surface area (Å²) in [7, 11) is -2.83. The van der Waals surface area contributed by atoms with Crippen LogP contribution in [0.1, 0.15) is 32.6 Å². The zero-order chi connectivity index (χ0) is 12.3. The van der Waals surface area contributed by atoms with E-state index in [2.05, 4.69) is 17.1 Å². The molecule has 2 atom stereocenters. The molecule has 4 nitrogen and oxygen atoms in total. The maximum Gasteiger partial charge on any atom is 0.153 e. The molecule has 17 heavy (non-hydrogen) atoms. The van der Waals surface area contributed by atoms with Crippen LogP contribution in [-0.4, -0.2) is 56.5 Å². The minimum absolute atomic E-state index is 0.151. The molecule has 2 aliphatic heterocycles. The highest BCUT2D eigenvalue weighted by molar-refractivity contribution is 7.91. The van der Waals surface area contributed by atoms with Gasteiger partial charge in [-0.3, -0.25) is 4.90 Å². The SMILES string of the molecule is CCCN[C@H]1CS(=O)(=O)C[C@H]1N1CCCCC1. The van der Waals surface area contributed by atoms with Crippen molar-refractivity contribution < 1.29 is 8.42 Å². The Morgan fingerprint density at radius 2 is 1.88 bits per heavy atom. The van der Waals surface area contributed by atoms with E-state index in [1.165, 1.54) is 19.3 Å². The lowest BCUT2D eigenvalue weighted by Crippen LogP contribution is -2.51. The van der Waals surface area contributed by atoms with Gasteiger partial charge in [-0.15, -0.1) is 0 Å². The lowest BCUT2D eigenvalue weighted by Gasteiger charge is -2.35. The molecule has 0 unspecified atom stereocenters. The second kappa shape index (κ2) is 5.67. The smallest absolute Gasteiger partial charge is 0.153 e. The predicted molar refractivity (Wildman–Crippen MR) is 69.9 cm³/mol. The minimum Gasteiger partial charge on any atom is -0.311 e. The monoisotopic (exact) mass is 260 g/mol. The van der Waals surface area contributed by atoms with Gasteiger partial charge in [0.1, 0.15) is 0 Å². The second-order valence-electron chi connectivity index (χ2n) is 5.30. The Labute approximate surface area is 105 Å². The third-order valence-electron chi connectivity index (χ3n) is 3.84. The first-order valence-corrected chi connectivity index (χ1v) is 8.62. The molecule has 0 spiro atoms. The van der Waals surface area contributed by atoms with Crippen molar-refractivity contribution in [1.82, 2.24) is 10.2 Å². The van der Waals surface area contributed by atoms with Gasteiger partial charge in [0.25, 0.3) is 0 Å². The van der Waals surface area contributed by atoms with E-state index in [-0.39, 0.29) is 12.1 Å². The Bertz CT molecular complexity index is 336. The Kier molecular flexibility index (Phi) is 4.44. The molecule has 0 aromatic heterocycles. The Balaban J connectivity index is 2.01. The molecule has 0 aliphatic carbocycles.